The highest BCUT2D eigenvalue weighted by Gasteiger charge is 2.33. The Balaban J connectivity index is 1.71. The SMILES string of the molecule is O=C(Nc1cccc(/N=N/c2c(F)cccc2F)c1)Nc1ccc(Cl)c(C(F)(F)F)c1. The normalized spacial score (nSPS) is 11.5. The number of carbonyl (C=O) groups excluding carboxylic acids is 1. The molecule has 0 saturated heterocycles. The molecule has 3 rings (SSSR count). The van der Waals surface area contributed by atoms with Crippen LogP contribution in [0.3, 0.4) is 0 Å². The van der Waals surface area contributed by atoms with Gasteiger partial charge in [0.25, 0.3) is 0 Å². The number of urea groups is 1. The lowest BCUT2D eigenvalue weighted by Gasteiger charge is -2.12. The number of nitrogens with one attached hydrogen (secondary N) is 2. The third-order valence-electron chi connectivity index (χ3n) is 3.84. The molecule has 0 unspecified atom stereocenters. The van der Waals surface area contributed by atoms with Gasteiger partial charge in [0.1, 0.15) is 0 Å². The van der Waals surface area contributed by atoms with E-state index in [1.165, 1.54) is 36.4 Å². The lowest BCUT2D eigenvalue weighted by Crippen LogP contribution is -2.19. The molecule has 0 aliphatic rings. The second-order valence-electron chi connectivity index (χ2n) is 6.09. The van der Waals surface area contributed by atoms with Crippen molar-refractivity contribution in [1.29, 1.82) is 0 Å². The molecule has 0 spiro atoms. The molecule has 5 nitrogen and oxygen atoms in total. The van der Waals surface area contributed by atoms with Crippen molar-refractivity contribution in [2.24, 2.45) is 10.2 Å². The standard InChI is InChI=1S/C20H12ClF5N4O/c21-15-8-7-12(10-14(15)20(24,25)26)28-19(31)27-11-3-1-4-13(9-11)29-30-18-16(22)5-2-6-17(18)23/h1-10H,(H2,27,28,31)/b30-29+. The van der Waals surface area contributed by atoms with Gasteiger partial charge in [-0.3, -0.25) is 0 Å². The average molecular weight is 455 g/mol. The van der Waals surface area contributed by atoms with Crippen LogP contribution in [0.5, 0.6) is 0 Å². The zero-order chi connectivity index (χ0) is 22.6. The fourth-order valence-corrected chi connectivity index (χ4v) is 2.68. The lowest BCUT2D eigenvalue weighted by molar-refractivity contribution is -0.137. The molecule has 0 bridgehead atoms. The Morgan fingerprint density at radius 3 is 2.10 bits per heavy atom. The van der Waals surface area contributed by atoms with E-state index >= 15 is 0 Å². The molecule has 31 heavy (non-hydrogen) atoms. The van der Waals surface area contributed by atoms with E-state index in [0.717, 1.165) is 18.2 Å². The molecule has 2 amide bonds. The van der Waals surface area contributed by atoms with E-state index in [2.05, 4.69) is 20.9 Å². The Kier molecular flexibility index (Phi) is 6.50. The van der Waals surface area contributed by atoms with Crippen LogP contribution >= 0.6 is 11.6 Å². The summed E-state index contributed by atoms with van der Waals surface area (Å²) in [5.74, 6) is -1.78. The van der Waals surface area contributed by atoms with E-state index in [1.807, 2.05) is 0 Å². The van der Waals surface area contributed by atoms with Crippen LogP contribution in [0.25, 0.3) is 0 Å². The molecule has 3 aromatic carbocycles. The van der Waals surface area contributed by atoms with E-state index in [-0.39, 0.29) is 17.1 Å². The Morgan fingerprint density at radius 1 is 0.839 bits per heavy atom. The number of anilines is 2. The first-order chi connectivity index (χ1) is 14.6. The zero-order valence-corrected chi connectivity index (χ0v) is 16.1. The maximum atomic E-state index is 13.6. The van der Waals surface area contributed by atoms with Crippen molar-refractivity contribution < 1.29 is 26.7 Å². The highest BCUT2D eigenvalue weighted by atomic mass is 35.5. The van der Waals surface area contributed by atoms with E-state index in [9.17, 15) is 26.7 Å². The van der Waals surface area contributed by atoms with E-state index in [1.54, 1.807) is 0 Å². The third kappa shape index (κ3) is 5.76. The first kappa shape index (κ1) is 22.2. The summed E-state index contributed by atoms with van der Waals surface area (Å²) >= 11 is 5.54. The van der Waals surface area contributed by atoms with Crippen molar-refractivity contribution in [3.8, 4) is 0 Å². The van der Waals surface area contributed by atoms with Gasteiger partial charge in [-0.05, 0) is 48.5 Å². The maximum Gasteiger partial charge on any atom is 0.417 e. The molecule has 0 heterocycles. The number of alkyl halides is 3. The van der Waals surface area contributed by atoms with E-state index < -0.39 is 40.1 Å². The Bertz CT molecular complexity index is 1130. The minimum absolute atomic E-state index is 0.125. The van der Waals surface area contributed by atoms with Crippen LogP contribution in [-0.4, -0.2) is 6.03 Å². The number of rotatable bonds is 4. The van der Waals surface area contributed by atoms with Crippen molar-refractivity contribution in [2.45, 2.75) is 6.18 Å². The summed E-state index contributed by atoms with van der Waals surface area (Å²) < 4.78 is 66.0. The molecule has 2 N–H and O–H groups in total. The number of hydrogen-bond acceptors (Lipinski definition) is 3. The Hall–Kier alpha value is -3.53. The Labute approximate surface area is 177 Å². The second kappa shape index (κ2) is 9.09. The number of amides is 2. The van der Waals surface area contributed by atoms with Gasteiger partial charge in [-0.2, -0.15) is 18.3 Å². The molecule has 0 aliphatic heterocycles. The summed E-state index contributed by atoms with van der Waals surface area (Å²) in [4.78, 5) is 12.1. The summed E-state index contributed by atoms with van der Waals surface area (Å²) in [6, 6.07) is 11.1. The van der Waals surface area contributed by atoms with Gasteiger partial charge in [-0.1, -0.05) is 23.7 Å². The van der Waals surface area contributed by atoms with Crippen LogP contribution in [0.2, 0.25) is 5.02 Å². The van der Waals surface area contributed by atoms with Crippen molar-refractivity contribution in [1.82, 2.24) is 0 Å². The highest BCUT2D eigenvalue weighted by Crippen LogP contribution is 2.36. The molecule has 0 aliphatic carbocycles. The average Bonchev–Trinajstić information content (AvgIpc) is 2.68. The molecule has 160 valence electrons. The van der Waals surface area contributed by atoms with Gasteiger partial charge < -0.3 is 10.6 Å². The second-order valence-corrected chi connectivity index (χ2v) is 6.50. The summed E-state index contributed by atoms with van der Waals surface area (Å²) in [7, 11) is 0. The quantitative estimate of drug-likeness (QED) is 0.308. The summed E-state index contributed by atoms with van der Waals surface area (Å²) in [5.41, 5.74) is -1.39. The largest absolute Gasteiger partial charge is 0.417 e. The summed E-state index contributed by atoms with van der Waals surface area (Å²) in [6.07, 6.45) is -4.68. The fourth-order valence-electron chi connectivity index (χ4n) is 2.45. The topological polar surface area (TPSA) is 65.8 Å². The minimum Gasteiger partial charge on any atom is -0.308 e. The smallest absolute Gasteiger partial charge is 0.308 e. The van der Waals surface area contributed by atoms with Gasteiger partial charge in [0, 0.05) is 11.4 Å². The fraction of sp³-hybridized carbons (Fsp3) is 0.0500. The zero-order valence-electron chi connectivity index (χ0n) is 15.3. The number of azo groups is 1. The van der Waals surface area contributed by atoms with Crippen molar-refractivity contribution in [2.75, 3.05) is 10.6 Å². The Morgan fingerprint density at radius 2 is 1.45 bits per heavy atom. The molecule has 0 atom stereocenters. The van der Waals surface area contributed by atoms with Crippen LogP contribution in [0.1, 0.15) is 5.56 Å². The molecule has 0 fully saturated rings. The first-order valence-electron chi connectivity index (χ1n) is 8.54. The van der Waals surface area contributed by atoms with Crippen LogP contribution < -0.4 is 10.6 Å². The number of nitrogens with zero attached hydrogens (tertiary/aromatic N) is 2. The van der Waals surface area contributed by atoms with Gasteiger partial charge in [-0.25, -0.2) is 13.6 Å². The predicted octanol–water partition coefficient (Wildman–Crippen LogP) is 7.70. The molecule has 0 saturated carbocycles. The number of hydrogen-bond donors (Lipinski definition) is 2. The lowest BCUT2D eigenvalue weighted by atomic mass is 10.2. The predicted molar refractivity (Wildman–Crippen MR) is 106 cm³/mol. The van der Waals surface area contributed by atoms with E-state index in [0.29, 0.717) is 6.07 Å². The molecule has 0 radical (unpaired) electrons. The van der Waals surface area contributed by atoms with Crippen LogP contribution in [-0.2, 0) is 6.18 Å². The number of carbonyl (C=O) groups is 1. The van der Waals surface area contributed by atoms with E-state index in [4.69, 9.17) is 11.6 Å². The molecular formula is C20H12ClF5N4O. The maximum absolute atomic E-state index is 13.6. The molecular weight excluding hydrogens is 443 g/mol. The highest BCUT2D eigenvalue weighted by molar-refractivity contribution is 6.31. The summed E-state index contributed by atoms with van der Waals surface area (Å²) in [5, 5.41) is 11.4. The van der Waals surface area contributed by atoms with Gasteiger partial charge >= 0.3 is 12.2 Å². The van der Waals surface area contributed by atoms with Gasteiger partial charge in [0.15, 0.2) is 17.3 Å². The first-order valence-corrected chi connectivity index (χ1v) is 8.92. The summed E-state index contributed by atoms with van der Waals surface area (Å²) in [6.45, 7) is 0. The minimum atomic E-state index is -4.68. The van der Waals surface area contributed by atoms with Crippen molar-refractivity contribution in [3.63, 3.8) is 0 Å². The van der Waals surface area contributed by atoms with Crippen molar-refractivity contribution >= 4 is 40.4 Å². The van der Waals surface area contributed by atoms with Gasteiger partial charge in [0.2, 0.25) is 0 Å². The molecule has 0 aromatic heterocycles. The molecule has 3 aromatic rings. The molecule has 11 heteroatoms. The monoisotopic (exact) mass is 454 g/mol. The van der Waals surface area contributed by atoms with Crippen LogP contribution in [0.4, 0.5) is 49.5 Å². The third-order valence-corrected chi connectivity index (χ3v) is 4.17. The van der Waals surface area contributed by atoms with Gasteiger partial charge in [-0.15, -0.1) is 5.11 Å². The number of benzene rings is 3. The number of halogens is 6. The van der Waals surface area contributed by atoms with Crippen molar-refractivity contribution in [3.05, 3.63) is 82.9 Å². The van der Waals surface area contributed by atoms with Crippen LogP contribution in [0, 0.1) is 11.6 Å². The van der Waals surface area contributed by atoms with Gasteiger partial charge in [0.05, 0.1) is 16.3 Å². The van der Waals surface area contributed by atoms with Crippen LogP contribution in [0.15, 0.2) is 70.9 Å².